The molecule has 1 atom stereocenters. The van der Waals surface area contributed by atoms with Crippen LogP contribution in [0.2, 0.25) is 0 Å². The Bertz CT molecular complexity index is 511. The van der Waals surface area contributed by atoms with E-state index in [0.717, 1.165) is 20.2 Å². The van der Waals surface area contributed by atoms with Crippen molar-refractivity contribution in [2.45, 2.75) is 13.0 Å². The summed E-state index contributed by atoms with van der Waals surface area (Å²) in [5.41, 5.74) is 6.53. The highest BCUT2D eigenvalue weighted by atomic mass is 79.9. The summed E-state index contributed by atoms with van der Waals surface area (Å²) in [5, 5.41) is 8.50. The van der Waals surface area contributed by atoms with Gasteiger partial charge in [0.25, 0.3) is 0 Å². The topological polar surface area (TPSA) is 55.0 Å². The highest BCUT2D eigenvalue weighted by Crippen LogP contribution is 2.30. The smallest absolute Gasteiger partial charge is 0.151 e. The molecule has 0 spiro atoms. The van der Waals surface area contributed by atoms with Gasteiger partial charge in [0, 0.05) is 19.6 Å². The Labute approximate surface area is 119 Å². The largest absolute Gasteiger partial charge is 0.354 e. The zero-order valence-corrected chi connectivity index (χ0v) is 12.7. The van der Waals surface area contributed by atoms with Gasteiger partial charge >= 0.3 is 0 Å². The van der Waals surface area contributed by atoms with Gasteiger partial charge in [0.1, 0.15) is 5.69 Å². The first kappa shape index (κ1) is 13.5. The molecule has 2 rings (SSSR count). The summed E-state index contributed by atoms with van der Waals surface area (Å²) in [6.45, 7) is 2.66. The summed E-state index contributed by atoms with van der Waals surface area (Å²) in [4.78, 5) is 3.14. The molecule has 1 unspecified atom stereocenters. The van der Waals surface area contributed by atoms with E-state index in [-0.39, 0.29) is 6.04 Å². The monoisotopic (exact) mass is 326 g/mol. The third-order valence-corrected chi connectivity index (χ3v) is 4.49. The fraction of sp³-hybridized carbons (Fsp3) is 0.333. The molecule has 0 saturated heterocycles. The first-order chi connectivity index (χ1) is 8.61. The molecule has 0 saturated carbocycles. The van der Waals surface area contributed by atoms with Gasteiger partial charge in [-0.25, -0.2) is 0 Å². The molecule has 2 aromatic heterocycles. The average molecular weight is 327 g/mol. The molecule has 96 valence electrons. The zero-order chi connectivity index (χ0) is 13.1. The van der Waals surface area contributed by atoms with E-state index in [1.807, 2.05) is 36.2 Å². The van der Waals surface area contributed by atoms with Crippen LogP contribution in [-0.2, 0) is 0 Å². The van der Waals surface area contributed by atoms with Crippen LogP contribution in [0.4, 0.5) is 5.82 Å². The quantitative estimate of drug-likeness (QED) is 0.938. The number of nitrogens with zero attached hydrogens (tertiary/aromatic N) is 3. The number of hydrogen-bond acceptors (Lipinski definition) is 5. The number of halogens is 1. The Hall–Kier alpha value is -0.980. The van der Waals surface area contributed by atoms with Crippen molar-refractivity contribution < 1.29 is 0 Å². The molecular weight excluding hydrogens is 312 g/mol. The second kappa shape index (κ2) is 5.77. The summed E-state index contributed by atoms with van der Waals surface area (Å²) in [7, 11) is 1.98. The third kappa shape index (κ3) is 2.88. The Morgan fingerprint density at radius 1 is 1.33 bits per heavy atom. The second-order valence-electron chi connectivity index (χ2n) is 4.08. The van der Waals surface area contributed by atoms with Crippen molar-refractivity contribution in [3.05, 3.63) is 28.1 Å². The maximum atomic E-state index is 5.64. The average Bonchev–Trinajstić information content (AvgIpc) is 2.84. The number of anilines is 1. The Morgan fingerprint density at radius 3 is 2.61 bits per heavy atom. The lowest BCUT2D eigenvalue weighted by Gasteiger charge is -2.23. The van der Waals surface area contributed by atoms with Crippen molar-refractivity contribution in [3.8, 4) is 10.6 Å². The van der Waals surface area contributed by atoms with Crippen LogP contribution >= 0.6 is 27.3 Å². The minimum atomic E-state index is 0.251. The predicted molar refractivity (Wildman–Crippen MR) is 80.0 cm³/mol. The van der Waals surface area contributed by atoms with Crippen LogP contribution in [0.1, 0.15) is 6.92 Å². The molecule has 0 bridgehead atoms. The molecular formula is C12H15BrN4S. The first-order valence-corrected chi connectivity index (χ1v) is 7.25. The van der Waals surface area contributed by atoms with E-state index in [9.17, 15) is 0 Å². The lowest BCUT2D eigenvalue weighted by Crippen LogP contribution is -2.35. The molecule has 0 aliphatic heterocycles. The maximum absolute atomic E-state index is 5.64. The van der Waals surface area contributed by atoms with Crippen LogP contribution in [0.5, 0.6) is 0 Å². The van der Waals surface area contributed by atoms with Crippen molar-refractivity contribution in [2.75, 3.05) is 18.5 Å². The van der Waals surface area contributed by atoms with Gasteiger partial charge in [-0.05, 0) is 47.1 Å². The Balaban J connectivity index is 2.20. The minimum Gasteiger partial charge on any atom is -0.354 e. The summed E-state index contributed by atoms with van der Waals surface area (Å²) in [6.07, 6.45) is 0. The highest BCUT2D eigenvalue weighted by molar-refractivity contribution is 9.11. The third-order valence-electron chi connectivity index (χ3n) is 2.84. The molecule has 4 nitrogen and oxygen atoms in total. The van der Waals surface area contributed by atoms with E-state index in [1.165, 1.54) is 0 Å². The normalized spacial score (nSPS) is 12.4. The lowest BCUT2D eigenvalue weighted by molar-refractivity contribution is 0.682. The highest BCUT2D eigenvalue weighted by Gasteiger charge is 2.10. The van der Waals surface area contributed by atoms with E-state index >= 15 is 0 Å². The first-order valence-electron chi connectivity index (χ1n) is 5.64. The van der Waals surface area contributed by atoms with Gasteiger partial charge in [-0.2, -0.15) is 0 Å². The van der Waals surface area contributed by atoms with Gasteiger partial charge in [0.2, 0.25) is 0 Å². The summed E-state index contributed by atoms with van der Waals surface area (Å²) in [6, 6.07) is 8.26. The summed E-state index contributed by atoms with van der Waals surface area (Å²) < 4.78 is 1.09. The van der Waals surface area contributed by atoms with Crippen LogP contribution in [0, 0.1) is 0 Å². The fourth-order valence-corrected chi connectivity index (χ4v) is 2.83. The second-order valence-corrected chi connectivity index (χ2v) is 6.54. The molecule has 2 N–H and O–H groups in total. The summed E-state index contributed by atoms with van der Waals surface area (Å²) in [5.74, 6) is 0.840. The van der Waals surface area contributed by atoms with Crippen molar-refractivity contribution in [1.29, 1.82) is 0 Å². The van der Waals surface area contributed by atoms with Crippen molar-refractivity contribution in [3.63, 3.8) is 0 Å². The van der Waals surface area contributed by atoms with Crippen LogP contribution < -0.4 is 10.6 Å². The lowest BCUT2D eigenvalue weighted by atomic mass is 10.3. The van der Waals surface area contributed by atoms with Crippen LogP contribution in [-0.4, -0.2) is 29.8 Å². The molecule has 6 heteroatoms. The molecule has 2 heterocycles. The van der Waals surface area contributed by atoms with Crippen molar-refractivity contribution in [1.82, 2.24) is 10.2 Å². The molecule has 0 aliphatic rings. The van der Waals surface area contributed by atoms with E-state index in [1.54, 1.807) is 11.3 Å². The zero-order valence-electron chi connectivity index (χ0n) is 10.3. The molecule has 2 aromatic rings. The van der Waals surface area contributed by atoms with Gasteiger partial charge in [0.05, 0.1) is 8.66 Å². The van der Waals surface area contributed by atoms with Crippen LogP contribution in [0.15, 0.2) is 28.1 Å². The molecule has 0 aromatic carbocycles. The van der Waals surface area contributed by atoms with Crippen molar-refractivity contribution in [2.24, 2.45) is 5.73 Å². The number of rotatable bonds is 4. The number of hydrogen-bond donors (Lipinski definition) is 1. The van der Waals surface area contributed by atoms with E-state index in [2.05, 4.69) is 33.1 Å². The van der Waals surface area contributed by atoms with Gasteiger partial charge < -0.3 is 10.6 Å². The minimum absolute atomic E-state index is 0.251. The van der Waals surface area contributed by atoms with Crippen LogP contribution in [0.25, 0.3) is 10.6 Å². The number of likely N-dealkylation sites (N-methyl/N-ethyl adjacent to an activating group) is 1. The van der Waals surface area contributed by atoms with Gasteiger partial charge in [-0.1, -0.05) is 0 Å². The summed E-state index contributed by atoms with van der Waals surface area (Å²) >= 11 is 5.09. The molecule has 0 aliphatic carbocycles. The van der Waals surface area contributed by atoms with Crippen molar-refractivity contribution >= 4 is 33.1 Å². The van der Waals surface area contributed by atoms with E-state index in [4.69, 9.17) is 5.73 Å². The molecule has 0 amide bonds. The standard InChI is InChI=1S/C12H15BrN4S/c1-8(7-14)17(2)12-6-3-9(15-16-12)10-4-5-11(13)18-10/h3-6,8H,7,14H2,1-2H3. The van der Waals surface area contributed by atoms with E-state index in [0.29, 0.717) is 6.54 Å². The van der Waals surface area contributed by atoms with Gasteiger partial charge in [0.15, 0.2) is 5.82 Å². The Kier molecular flexibility index (Phi) is 4.31. The number of aromatic nitrogens is 2. The fourth-order valence-electron chi connectivity index (χ4n) is 1.48. The Morgan fingerprint density at radius 2 is 2.11 bits per heavy atom. The van der Waals surface area contributed by atoms with Gasteiger partial charge in [-0.3, -0.25) is 0 Å². The number of nitrogens with two attached hydrogens (primary N) is 1. The molecule has 18 heavy (non-hydrogen) atoms. The maximum Gasteiger partial charge on any atom is 0.151 e. The van der Waals surface area contributed by atoms with Gasteiger partial charge in [-0.15, -0.1) is 21.5 Å². The van der Waals surface area contributed by atoms with Crippen LogP contribution in [0.3, 0.4) is 0 Å². The van der Waals surface area contributed by atoms with E-state index < -0.39 is 0 Å². The number of thiophene rings is 1. The molecule has 0 fully saturated rings. The SMILES string of the molecule is CC(CN)N(C)c1ccc(-c2ccc(Br)s2)nn1. The predicted octanol–water partition coefficient (Wildman–Crippen LogP) is 2.75. The molecule has 0 radical (unpaired) electrons.